The highest BCUT2D eigenvalue weighted by Gasteiger charge is 2.11. The summed E-state index contributed by atoms with van der Waals surface area (Å²) in [6.07, 6.45) is -0.376. The monoisotopic (exact) mass is 251 g/mol. The highest BCUT2D eigenvalue weighted by Crippen LogP contribution is 2.11. The van der Waals surface area contributed by atoms with E-state index >= 15 is 0 Å². The van der Waals surface area contributed by atoms with Gasteiger partial charge in [-0.05, 0) is 18.2 Å². The summed E-state index contributed by atoms with van der Waals surface area (Å²) in [5, 5.41) is 2.48. The molecule has 0 spiro atoms. The van der Waals surface area contributed by atoms with E-state index in [1.54, 1.807) is 18.2 Å². The first-order valence-electron chi connectivity index (χ1n) is 5.12. The Morgan fingerprint density at radius 3 is 2.50 bits per heavy atom. The Hall–Kier alpha value is -2.37. The number of nitrogens with one attached hydrogen (secondary N) is 1. The van der Waals surface area contributed by atoms with Gasteiger partial charge in [0.1, 0.15) is 6.42 Å². The van der Waals surface area contributed by atoms with Crippen LogP contribution in [0, 0.1) is 0 Å². The molecule has 1 amide bonds. The molecule has 0 radical (unpaired) electrons. The Bertz CT molecular complexity index is 469. The second kappa shape index (κ2) is 6.39. The van der Waals surface area contributed by atoms with Gasteiger partial charge in [-0.2, -0.15) is 0 Å². The summed E-state index contributed by atoms with van der Waals surface area (Å²) >= 11 is 0. The number of methoxy groups -OCH3 is 2. The topological polar surface area (TPSA) is 81.7 Å². The lowest BCUT2D eigenvalue weighted by molar-refractivity contribution is -0.142. The molecule has 0 bridgehead atoms. The minimum absolute atomic E-state index is 0.313. The molecule has 1 aromatic carbocycles. The van der Waals surface area contributed by atoms with Crippen molar-refractivity contribution in [3.05, 3.63) is 29.8 Å². The molecule has 0 unspecified atom stereocenters. The van der Waals surface area contributed by atoms with Gasteiger partial charge in [0.2, 0.25) is 5.91 Å². The van der Waals surface area contributed by atoms with Crippen molar-refractivity contribution in [3.8, 4) is 0 Å². The Kier molecular flexibility index (Phi) is 4.86. The van der Waals surface area contributed by atoms with Crippen LogP contribution in [0.3, 0.4) is 0 Å². The molecule has 0 aliphatic carbocycles. The summed E-state index contributed by atoms with van der Waals surface area (Å²) in [5.41, 5.74) is 0.722. The first kappa shape index (κ1) is 13.7. The maximum atomic E-state index is 11.4. The third kappa shape index (κ3) is 3.89. The summed E-state index contributed by atoms with van der Waals surface area (Å²) < 4.78 is 8.92. The van der Waals surface area contributed by atoms with Crippen molar-refractivity contribution in [2.24, 2.45) is 0 Å². The van der Waals surface area contributed by atoms with Crippen LogP contribution in [0.5, 0.6) is 0 Å². The fourth-order valence-corrected chi connectivity index (χ4v) is 1.25. The molecule has 0 saturated heterocycles. The smallest absolute Gasteiger partial charge is 0.337 e. The van der Waals surface area contributed by atoms with Gasteiger partial charge in [-0.1, -0.05) is 6.07 Å². The number of amides is 1. The maximum absolute atomic E-state index is 11.4. The van der Waals surface area contributed by atoms with Gasteiger partial charge in [-0.25, -0.2) is 4.79 Å². The normalized spacial score (nSPS) is 9.44. The predicted molar refractivity (Wildman–Crippen MR) is 63.0 cm³/mol. The zero-order valence-electron chi connectivity index (χ0n) is 10.1. The lowest BCUT2D eigenvalue weighted by atomic mass is 10.2. The van der Waals surface area contributed by atoms with Crippen LogP contribution in [0.2, 0.25) is 0 Å². The van der Waals surface area contributed by atoms with Crippen LogP contribution in [0.1, 0.15) is 16.8 Å². The van der Waals surface area contributed by atoms with E-state index in [4.69, 9.17) is 0 Å². The number of ether oxygens (including phenoxy) is 2. The van der Waals surface area contributed by atoms with Crippen molar-refractivity contribution in [3.63, 3.8) is 0 Å². The third-order valence-corrected chi connectivity index (χ3v) is 2.10. The van der Waals surface area contributed by atoms with Gasteiger partial charge < -0.3 is 14.8 Å². The number of rotatable bonds is 4. The molecule has 0 aliphatic heterocycles. The van der Waals surface area contributed by atoms with Crippen LogP contribution < -0.4 is 5.32 Å². The highest BCUT2D eigenvalue weighted by molar-refractivity contribution is 6.02. The molecule has 6 heteroatoms. The van der Waals surface area contributed by atoms with Crippen LogP contribution in [0.15, 0.2) is 24.3 Å². The quantitative estimate of drug-likeness (QED) is 0.637. The lowest BCUT2D eigenvalue weighted by Gasteiger charge is -2.06. The average Bonchev–Trinajstić information content (AvgIpc) is 2.37. The standard InChI is InChI=1S/C12H13NO5/c1-17-11(15)7-10(14)13-9-5-3-4-8(6-9)12(16)18-2/h3-6H,7H2,1-2H3,(H,13,14). The van der Waals surface area contributed by atoms with E-state index in [0.717, 1.165) is 0 Å². The number of hydrogen-bond donors (Lipinski definition) is 1. The van der Waals surface area contributed by atoms with E-state index in [0.29, 0.717) is 11.3 Å². The first-order valence-corrected chi connectivity index (χ1v) is 5.12. The summed E-state index contributed by atoms with van der Waals surface area (Å²) in [6.45, 7) is 0. The van der Waals surface area contributed by atoms with E-state index in [-0.39, 0.29) is 6.42 Å². The average molecular weight is 251 g/mol. The predicted octanol–water partition coefficient (Wildman–Crippen LogP) is 0.975. The van der Waals surface area contributed by atoms with E-state index in [2.05, 4.69) is 14.8 Å². The maximum Gasteiger partial charge on any atom is 0.337 e. The molecule has 0 aromatic heterocycles. The Labute approximate surface area is 104 Å². The number of carbonyl (C=O) groups excluding carboxylic acids is 3. The summed E-state index contributed by atoms with van der Waals surface area (Å²) in [7, 11) is 2.47. The number of carbonyl (C=O) groups is 3. The van der Waals surface area contributed by atoms with Gasteiger partial charge in [0.05, 0.1) is 19.8 Å². The van der Waals surface area contributed by atoms with E-state index < -0.39 is 17.8 Å². The second-order valence-electron chi connectivity index (χ2n) is 3.37. The van der Waals surface area contributed by atoms with Gasteiger partial charge in [0, 0.05) is 5.69 Å². The number of benzene rings is 1. The number of hydrogen-bond acceptors (Lipinski definition) is 5. The van der Waals surface area contributed by atoms with Gasteiger partial charge in [0.25, 0.3) is 0 Å². The Morgan fingerprint density at radius 2 is 1.89 bits per heavy atom. The largest absolute Gasteiger partial charge is 0.469 e. The van der Waals surface area contributed by atoms with Crippen LogP contribution >= 0.6 is 0 Å². The molecule has 0 atom stereocenters. The van der Waals surface area contributed by atoms with Crippen molar-refractivity contribution in [1.82, 2.24) is 0 Å². The van der Waals surface area contributed by atoms with E-state index in [1.165, 1.54) is 20.3 Å². The van der Waals surface area contributed by atoms with Crippen molar-refractivity contribution < 1.29 is 23.9 Å². The Morgan fingerprint density at radius 1 is 1.17 bits per heavy atom. The molecule has 1 aromatic rings. The molecular formula is C12H13NO5. The highest BCUT2D eigenvalue weighted by atomic mass is 16.5. The molecule has 1 N–H and O–H groups in total. The molecule has 0 fully saturated rings. The van der Waals surface area contributed by atoms with Crippen LogP contribution in [0.25, 0.3) is 0 Å². The summed E-state index contributed by atoms with van der Waals surface area (Å²) in [6, 6.07) is 6.21. The van der Waals surface area contributed by atoms with Gasteiger partial charge in [0.15, 0.2) is 0 Å². The van der Waals surface area contributed by atoms with Crippen molar-refractivity contribution in [2.45, 2.75) is 6.42 Å². The van der Waals surface area contributed by atoms with Crippen molar-refractivity contribution >= 4 is 23.5 Å². The Balaban J connectivity index is 2.70. The molecule has 0 aliphatic rings. The fourth-order valence-electron chi connectivity index (χ4n) is 1.25. The molecular weight excluding hydrogens is 238 g/mol. The summed E-state index contributed by atoms with van der Waals surface area (Å²) in [5.74, 6) is -1.64. The second-order valence-corrected chi connectivity index (χ2v) is 3.37. The number of esters is 2. The van der Waals surface area contributed by atoms with Crippen LogP contribution in [0.4, 0.5) is 5.69 Å². The van der Waals surface area contributed by atoms with Gasteiger partial charge >= 0.3 is 11.9 Å². The fraction of sp³-hybridized carbons (Fsp3) is 0.250. The van der Waals surface area contributed by atoms with Crippen LogP contribution in [-0.2, 0) is 19.1 Å². The first-order chi connectivity index (χ1) is 8.56. The molecule has 6 nitrogen and oxygen atoms in total. The number of anilines is 1. The molecule has 96 valence electrons. The molecule has 0 heterocycles. The molecule has 18 heavy (non-hydrogen) atoms. The van der Waals surface area contributed by atoms with Gasteiger partial charge in [-0.3, -0.25) is 9.59 Å². The van der Waals surface area contributed by atoms with Crippen LogP contribution in [-0.4, -0.2) is 32.1 Å². The molecule has 1 rings (SSSR count). The summed E-state index contributed by atoms with van der Waals surface area (Å²) in [4.78, 5) is 33.5. The van der Waals surface area contributed by atoms with Crippen molar-refractivity contribution in [2.75, 3.05) is 19.5 Å². The van der Waals surface area contributed by atoms with Gasteiger partial charge in [-0.15, -0.1) is 0 Å². The third-order valence-electron chi connectivity index (χ3n) is 2.10. The minimum Gasteiger partial charge on any atom is -0.469 e. The van der Waals surface area contributed by atoms with Crippen molar-refractivity contribution in [1.29, 1.82) is 0 Å². The minimum atomic E-state index is -0.628. The zero-order valence-corrected chi connectivity index (χ0v) is 10.1. The van der Waals surface area contributed by atoms with E-state index in [1.807, 2.05) is 0 Å². The van der Waals surface area contributed by atoms with E-state index in [9.17, 15) is 14.4 Å². The SMILES string of the molecule is COC(=O)CC(=O)Nc1cccc(C(=O)OC)c1. The molecule has 0 saturated carbocycles. The zero-order chi connectivity index (χ0) is 13.5. The lowest BCUT2D eigenvalue weighted by Crippen LogP contribution is -2.17.